The van der Waals surface area contributed by atoms with Gasteiger partial charge in [0.25, 0.3) is 0 Å². The van der Waals surface area contributed by atoms with E-state index in [2.05, 4.69) is 15.8 Å². The Morgan fingerprint density at radius 1 is 0.733 bits per heavy atom. The van der Waals surface area contributed by atoms with Crippen LogP contribution in [0, 0.1) is 0 Å². The fourth-order valence-electron chi connectivity index (χ4n) is 3.31. The summed E-state index contributed by atoms with van der Waals surface area (Å²) in [5.41, 5.74) is -3.73. The maximum atomic E-state index is 12.1. The maximum Gasteiger partial charge on any atom is 0.350 e. The second-order valence-electron chi connectivity index (χ2n) is 6.89. The lowest BCUT2D eigenvalue weighted by Crippen LogP contribution is -2.00. The van der Waals surface area contributed by atoms with E-state index in [1.54, 1.807) is 24.3 Å². The van der Waals surface area contributed by atoms with Crippen molar-refractivity contribution in [2.45, 2.75) is 32.6 Å². The molecule has 2 aromatic carbocycles. The molecular weight excluding hydrogens is 392 g/mol. The number of fused-ring (bicyclic) bond motifs is 2. The molecule has 0 aliphatic heterocycles. The third-order valence-electron chi connectivity index (χ3n) is 4.81. The van der Waals surface area contributed by atoms with Crippen molar-refractivity contribution >= 4 is 21.5 Å². The second kappa shape index (κ2) is 7.98. The van der Waals surface area contributed by atoms with E-state index in [1.807, 2.05) is 0 Å². The zero-order chi connectivity index (χ0) is 21.3. The fourth-order valence-corrected chi connectivity index (χ4v) is 3.31. The van der Waals surface area contributed by atoms with Crippen LogP contribution in [-0.4, -0.2) is 6.61 Å². The van der Waals surface area contributed by atoms with Gasteiger partial charge in [-0.2, -0.15) is 0 Å². The van der Waals surface area contributed by atoms with Crippen molar-refractivity contribution in [3.63, 3.8) is 0 Å². The van der Waals surface area contributed by atoms with E-state index in [9.17, 15) is 19.2 Å². The summed E-state index contributed by atoms with van der Waals surface area (Å²) >= 11 is 0. The van der Waals surface area contributed by atoms with Gasteiger partial charge in [-0.25, -0.2) is 19.2 Å². The van der Waals surface area contributed by atoms with Crippen LogP contribution in [0.15, 0.2) is 58.3 Å². The van der Waals surface area contributed by atoms with Gasteiger partial charge in [-0.3, -0.25) is 0 Å². The molecule has 2 aromatic heterocycles. The Bertz CT molecular complexity index is 1320. The van der Waals surface area contributed by atoms with Gasteiger partial charge in [-0.05, 0) is 36.8 Å². The quantitative estimate of drug-likeness (QED) is 0.407. The highest BCUT2D eigenvalue weighted by Gasteiger charge is 2.24. The Morgan fingerprint density at radius 2 is 1.30 bits per heavy atom. The van der Waals surface area contributed by atoms with Crippen LogP contribution in [0.1, 0.15) is 32.6 Å². The fraction of sp³-hybridized carbons (Fsp3) is 0.273. The van der Waals surface area contributed by atoms with Crippen LogP contribution in [-0.2, 0) is 0 Å². The molecule has 0 saturated carbocycles. The monoisotopic (exact) mass is 410 g/mol. The molecule has 0 aliphatic carbocycles. The molecule has 0 saturated heterocycles. The molecule has 0 amide bonds. The first-order chi connectivity index (χ1) is 14.5. The Hall–Kier alpha value is -3.68. The molecule has 30 heavy (non-hydrogen) atoms. The summed E-state index contributed by atoms with van der Waals surface area (Å²) in [4.78, 5) is 48.1. The van der Waals surface area contributed by atoms with Gasteiger partial charge in [-0.15, -0.1) is 0 Å². The molecule has 4 aromatic rings. The van der Waals surface area contributed by atoms with Crippen LogP contribution in [0.2, 0.25) is 0 Å². The summed E-state index contributed by atoms with van der Waals surface area (Å²) in [6, 6.07) is 7.68. The lowest BCUT2D eigenvalue weighted by Gasteiger charge is -2.09. The highest BCUT2D eigenvalue weighted by Crippen LogP contribution is 2.33. The van der Waals surface area contributed by atoms with Gasteiger partial charge in [0.15, 0.2) is 5.75 Å². The van der Waals surface area contributed by atoms with Crippen molar-refractivity contribution in [1.29, 1.82) is 0 Å². The average molecular weight is 410 g/mol. The molecular formula is C22H18O8. The maximum absolute atomic E-state index is 12.1. The number of hydrogen-bond donors (Lipinski definition) is 0. The third-order valence-corrected chi connectivity index (χ3v) is 4.81. The molecule has 0 bridgehead atoms. The average Bonchev–Trinajstić information content (AvgIpc) is 3.18. The molecule has 154 valence electrons. The lowest BCUT2D eigenvalue weighted by atomic mass is 10.1. The number of benzene rings is 2. The minimum Gasteiger partial charge on any atom is -0.494 e. The van der Waals surface area contributed by atoms with Gasteiger partial charge in [0.05, 0.1) is 17.4 Å². The van der Waals surface area contributed by atoms with Crippen LogP contribution in [0.4, 0.5) is 0 Å². The Kier molecular flexibility index (Phi) is 5.22. The van der Waals surface area contributed by atoms with E-state index >= 15 is 0 Å². The molecule has 0 spiro atoms. The number of furan rings is 2. The van der Waals surface area contributed by atoms with Crippen molar-refractivity contribution in [3.8, 4) is 17.2 Å². The largest absolute Gasteiger partial charge is 0.494 e. The van der Waals surface area contributed by atoms with Gasteiger partial charge in [0, 0.05) is 0 Å². The Morgan fingerprint density at radius 3 is 1.87 bits per heavy atom. The molecule has 0 N–H and O–H groups in total. The molecule has 8 nitrogen and oxygen atoms in total. The summed E-state index contributed by atoms with van der Waals surface area (Å²) in [6.07, 6.45) is 4.38. The molecule has 0 unspecified atom stereocenters. The van der Waals surface area contributed by atoms with E-state index in [4.69, 9.17) is 9.47 Å². The molecule has 4 rings (SSSR count). The van der Waals surface area contributed by atoms with Crippen molar-refractivity contribution in [2.75, 3.05) is 6.61 Å². The van der Waals surface area contributed by atoms with Gasteiger partial charge in [-0.1, -0.05) is 26.2 Å². The summed E-state index contributed by atoms with van der Waals surface area (Å²) in [6.45, 7) is 2.74. The number of ether oxygens (including phenoxy) is 2. The summed E-state index contributed by atoms with van der Waals surface area (Å²) in [5.74, 6) is 0.692. The van der Waals surface area contributed by atoms with E-state index in [0.717, 1.165) is 31.7 Å². The standard InChI is InChI=1S/C22H18O8/c1-2-3-4-5-10-27-12-6-8-13(9-7-12)28-18-16-14(19(23)29-21(16)25)11-15-17(18)22(26)30-20(15)24/h6-9,11H,2-5,10H2,1H3. The molecule has 0 atom stereocenters. The van der Waals surface area contributed by atoms with Crippen LogP contribution >= 0.6 is 0 Å². The molecule has 8 heteroatoms. The number of unbranched alkanes of at least 4 members (excludes halogenated alkanes) is 3. The first-order valence-electron chi connectivity index (χ1n) is 9.64. The first-order valence-corrected chi connectivity index (χ1v) is 9.64. The minimum atomic E-state index is -0.952. The highest BCUT2D eigenvalue weighted by molar-refractivity contribution is 6.04. The van der Waals surface area contributed by atoms with Gasteiger partial charge in [0.2, 0.25) is 0 Å². The van der Waals surface area contributed by atoms with E-state index in [0.29, 0.717) is 12.4 Å². The van der Waals surface area contributed by atoms with Crippen molar-refractivity contribution in [2.24, 2.45) is 0 Å². The minimum absolute atomic E-state index is 0.146. The topological polar surface area (TPSA) is 113 Å². The summed E-state index contributed by atoms with van der Waals surface area (Å²) in [5, 5.41) is -0.705. The van der Waals surface area contributed by atoms with Crippen molar-refractivity contribution < 1.29 is 18.3 Å². The van der Waals surface area contributed by atoms with E-state index in [1.165, 1.54) is 0 Å². The Balaban J connectivity index is 1.68. The molecule has 0 fully saturated rings. The van der Waals surface area contributed by atoms with Crippen LogP contribution < -0.4 is 32.0 Å². The highest BCUT2D eigenvalue weighted by atomic mass is 16.5. The lowest BCUT2D eigenvalue weighted by molar-refractivity contribution is 0.304. The Labute approximate surface area is 169 Å². The zero-order valence-electron chi connectivity index (χ0n) is 16.2. The summed E-state index contributed by atoms with van der Waals surface area (Å²) < 4.78 is 20.6. The second-order valence-corrected chi connectivity index (χ2v) is 6.89. The normalized spacial score (nSPS) is 11.4. The van der Waals surface area contributed by atoms with Crippen molar-refractivity contribution in [3.05, 3.63) is 72.0 Å². The van der Waals surface area contributed by atoms with Gasteiger partial charge in [0.1, 0.15) is 22.3 Å². The van der Waals surface area contributed by atoms with E-state index in [-0.39, 0.29) is 33.0 Å². The van der Waals surface area contributed by atoms with Crippen LogP contribution in [0.3, 0.4) is 0 Å². The van der Waals surface area contributed by atoms with E-state index < -0.39 is 22.5 Å². The van der Waals surface area contributed by atoms with Crippen LogP contribution in [0.5, 0.6) is 17.2 Å². The number of rotatable bonds is 8. The van der Waals surface area contributed by atoms with Gasteiger partial charge >= 0.3 is 22.5 Å². The first kappa shape index (κ1) is 19.6. The number of hydrogen-bond acceptors (Lipinski definition) is 8. The molecule has 0 aliphatic rings. The molecule has 0 radical (unpaired) electrons. The van der Waals surface area contributed by atoms with Crippen molar-refractivity contribution in [1.82, 2.24) is 0 Å². The van der Waals surface area contributed by atoms with Gasteiger partial charge < -0.3 is 18.3 Å². The SMILES string of the molecule is CCCCCCOc1ccc(Oc2c3c(=O)oc(=O)c3cc3c(=O)oc(=O)c23)cc1. The molecule has 2 heterocycles. The summed E-state index contributed by atoms with van der Waals surface area (Å²) in [7, 11) is 0. The predicted octanol–water partition coefficient (Wildman–Crippen LogP) is 3.25. The van der Waals surface area contributed by atoms with Crippen LogP contribution in [0.25, 0.3) is 21.5 Å². The smallest absolute Gasteiger partial charge is 0.350 e. The third kappa shape index (κ3) is 3.52. The predicted molar refractivity (Wildman–Crippen MR) is 110 cm³/mol. The zero-order valence-corrected chi connectivity index (χ0v) is 16.2.